The first kappa shape index (κ1) is 16.6. The summed E-state index contributed by atoms with van der Waals surface area (Å²) in [6, 6.07) is 6.20. The third-order valence-electron chi connectivity index (χ3n) is 3.62. The van der Waals surface area contributed by atoms with E-state index in [1.54, 1.807) is 19.1 Å². The minimum absolute atomic E-state index is 0.0672. The van der Waals surface area contributed by atoms with E-state index in [0.717, 1.165) is 0 Å². The molecule has 6 nitrogen and oxygen atoms in total. The Morgan fingerprint density at radius 2 is 1.74 bits per heavy atom. The molecule has 0 fully saturated rings. The van der Waals surface area contributed by atoms with Gasteiger partial charge in [0, 0.05) is 23.1 Å². The molecule has 0 bridgehead atoms. The lowest BCUT2D eigenvalue weighted by Gasteiger charge is -2.21. The van der Waals surface area contributed by atoms with Crippen LogP contribution in [0, 0.1) is 5.92 Å². The van der Waals surface area contributed by atoms with Crippen molar-refractivity contribution in [3.63, 3.8) is 0 Å². The van der Waals surface area contributed by atoms with Crippen LogP contribution in [-0.2, 0) is 19.1 Å². The molecular weight excluding hydrogens is 300 g/mol. The number of carbonyl (C=O) groups is 4. The number of ether oxygens (including phenoxy) is 1. The Labute approximate surface area is 132 Å². The molecule has 0 unspecified atom stereocenters. The lowest BCUT2D eigenvalue weighted by atomic mass is 9.81. The first-order chi connectivity index (χ1) is 10.9. The fourth-order valence-corrected chi connectivity index (χ4v) is 2.52. The highest BCUT2D eigenvalue weighted by Crippen LogP contribution is 2.32. The summed E-state index contributed by atoms with van der Waals surface area (Å²) in [7, 11) is 0. The Balaban J connectivity index is 2.34. The van der Waals surface area contributed by atoms with E-state index in [1.165, 1.54) is 19.1 Å². The van der Waals surface area contributed by atoms with Gasteiger partial charge in [-0.1, -0.05) is 31.2 Å². The van der Waals surface area contributed by atoms with Gasteiger partial charge in [-0.15, -0.1) is 0 Å². The van der Waals surface area contributed by atoms with Gasteiger partial charge in [-0.25, -0.2) is 4.79 Å². The Morgan fingerprint density at radius 1 is 1.13 bits per heavy atom. The molecule has 0 heterocycles. The van der Waals surface area contributed by atoms with E-state index in [-0.39, 0.29) is 35.5 Å². The maximum absolute atomic E-state index is 12.2. The van der Waals surface area contributed by atoms with Crippen LogP contribution in [0.4, 0.5) is 0 Å². The maximum atomic E-state index is 12.2. The van der Waals surface area contributed by atoms with E-state index in [0.29, 0.717) is 0 Å². The van der Waals surface area contributed by atoms with Crippen LogP contribution in [0.5, 0.6) is 0 Å². The predicted molar refractivity (Wildman–Crippen MR) is 80.7 cm³/mol. The molecule has 1 aromatic rings. The van der Waals surface area contributed by atoms with Crippen molar-refractivity contribution in [2.45, 2.75) is 20.3 Å². The number of benzene rings is 1. The minimum Gasteiger partial charge on any atom is -0.507 e. The molecule has 120 valence electrons. The molecular formula is C17H16O6. The SMILES string of the molecule is CCOC(=O)C(=O)C[C@H](C)C1=C(O)c2ccccc2C(=O)C1=O. The molecule has 23 heavy (non-hydrogen) atoms. The van der Waals surface area contributed by atoms with Crippen LogP contribution >= 0.6 is 0 Å². The Bertz CT molecular complexity index is 728. The fourth-order valence-electron chi connectivity index (χ4n) is 2.52. The van der Waals surface area contributed by atoms with Gasteiger partial charge >= 0.3 is 5.97 Å². The van der Waals surface area contributed by atoms with Gasteiger partial charge in [0.05, 0.1) is 6.61 Å². The Kier molecular flexibility index (Phi) is 4.74. The van der Waals surface area contributed by atoms with Gasteiger partial charge in [-0.05, 0) is 12.8 Å². The topological polar surface area (TPSA) is 97.7 Å². The average molecular weight is 316 g/mol. The van der Waals surface area contributed by atoms with Crippen LogP contribution in [0.2, 0.25) is 0 Å². The van der Waals surface area contributed by atoms with Crippen molar-refractivity contribution in [1.29, 1.82) is 0 Å². The van der Waals surface area contributed by atoms with Crippen molar-refractivity contribution in [2.75, 3.05) is 6.61 Å². The monoisotopic (exact) mass is 316 g/mol. The molecule has 0 radical (unpaired) electrons. The molecule has 0 aliphatic heterocycles. The summed E-state index contributed by atoms with van der Waals surface area (Å²) >= 11 is 0. The number of allylic oxidation sites excluding steroid dienone is 1. The number of rotatable bonds is 5. The second kappa shape index (κ2) is 6.56. The normalized spacial score (nSPS) is 15.2. The van der Waals surface area contributed by atoms with E-state index in [1.807, 2.05) is 0 Å². The summed E-state index contributed by atoms with van der Waals surface area (Å²) in [5, 5.41) is 10.3. The molecule has 6 heteroatoms. The van der Waals surface area contributed by atoms with Crippen LogP contribution in [-0.4, -0.2) is 35.0 Å². The van der Waals surface area contributed by atoms with Crippen molar-refractivity contribution in [3.05, 3.63) is 41.0 Å². The lowest BCUT2D eigenvalue weighted by molar-refractivity contribution is -0.153. The van der Waals surface area contributed by atoms with Gasteiger partial charge in [0.2, 0.25) is 17.3 Å². The minimum atomic E-state index is -0.991. The highest BCUT2D eigenvalue weighted by Gasteiger charge is 2.36. The number of carbonyl (C=O) groups excluding carboxylic acids is 4. The Hall–Kier alpha value is -2.76. The molecule has 0 saturated carbocycles. The molecule has 1 N–H and O–H groups in total. The molecule has 1 atom stereocenters. The van der Waals surface area contributed by atoms with Crippen molar-refractivity contribution in [3.8, 4) is 0 Å². The second-order valence-corrected chi connectivity index (χ2v) is 5.21. The van der Waals surface area contributed by atoms with Gasteiger partial charge in [0.25, 0.3) is 0 Å². The van der Waals surface area contributed by atoms with Crippen LogP contribution in [0.3, 0.4) is 0 Å². The molecule has 0 aromatic heterocycles. The zero-order valence-corrected chi connectivity index (χ0v) is 12.8. The number of fused-ring (bicyclic) bond motifs is 1. The van der Waals surface area contributed by atoms with E-state index >= 15 is 0 Å². The van der Waals surface area contributed by atoms with Gasteiger partial charge in [0.1, 0.15) is 5.76 Å². The van der Waals surface area contributed by atoms with E-state index < -0.39 is 29.2 Å². The number of aliphatic hydroxyl groups is 1. The van der Waals surface area contributed by atoms with Crippen molar-refractivity contribution < 1.29 is 29.0 Å². The third kappa shape index (κ3) is 3.06. The zero-order valence-electron chi connectivity index (χ0n) is 12.8. The molecule has 1 aliphatic rings. The van der Waals surface area contributed by atoms with Crippen LogP contribution in [0.1, 0.15) is 36.2 Å². The highest BCUT2D eigenvalue weighted by molar-refractivity contribution is 6.52. The number of Topliss-reactive ketones (excluding diaryl/α,β-unsaturated/α-hetero) is 3. The van der Waals surface area contributed by atoms with Crippen molar-refractivity contribution in [1.82, 2.24) is 0 Å². The van der Waals surface area contributed by atoms with E-state index in [2.05, 4.69) is 4.74 Å². The summed E-state index contributed by atoms with van der Waals surface area (Å²) in [4.78, 5) is 47.5. The van der Waals surface area contributed by atoms with E-state index in [4.69, 9.17) is 0 Å². The molecule has 1 aliphatic carbocycles. The molecule has 0 amide bonds. The molecule has 0 saturated heterocycles. The molecule has 2 rings (SSSR count). The van der Waals surface area contributed by atoms with Crippen molar-refractivity contribution >= 4 is 29.1 Å². The standard InChI is InChI=1S/C17H16O6/c1-3-23-17(22)12(18)8-9(2)13-14(19)10-6-4-5-7-11(10)15(20)16(13)21/h4-7,9,19H,3,8H2,1-2H3/t9-/m0/s1. The van der Waals surface area contributed by atoms with Gasteiger partial charge < -0.3 is 9.84 Å². The quantitative estimate of drug-likeness (QED) is 0.658. The number of ketones is 3. The van der Waals surface area contributed by atoms with Gasteiger partial charge in [-0.3, -0.25) is 14.4 Å². The summed E-state index contributed by atoms with van der Waals surface area (Å²) in [6.07, 6.45) is -0.320. The Morgan fingerprint density at radius 3 is 2.35 bits per heavy atom. The smallest absolute Gasteiger partial charge is 0.374 e. The predicted octanol–water partition coefficient (Wildman–Crippen LogP) is 1.88. The summed E-state index contributed by atoms with van der Waals surface area (Å²) in [6.45, 7) is 3.14. The number of hydrogen-bond acceptors (Lipinski definition) is 6. The summed E-state index contributed by atoms with van der Waals surface area (Å²) in [5.74, 6) is -4.49. The number of hydrogen-bond donors (Lipinski definition) is 1. The highest BCUT2D eigenvalue weighted by atomic mass is 16.5. The van der Waals surface area contributed by atoms with E-state index in [9.17, 15) is 24.3 Å². The van der Waals surface area contributed by atoms with Crippen LogP contribution < -0.4 is 0 Å². The second-order valence-electron chi connectivity index (χ2n) is 5.21. The maximum Gasteiger partial charge on any atom is 0.374 e. The van der Waals surface area contributed by atoms with Crippen LogP contribution in [0.25, 0.3) is 5.76 Å². The first-order valence-corrected chi connectivity index (χ1v) is 7.20. The summed E-state index contributed by atoms with van der Waals surface area (Å²) < 4.78 is 4.60. The zero-order chi connectivity index (χ0) is 17.1. The van der Waals surface area contributed by atoms with Crippen molar-refractivity contribution in [2.24, 2.45) is 5.92 Å². The largest absolute Gasteiger partial charge is 0.507 e. The molecule has 0 spiro atoms. The molecule has 1 aromatic carbocycles. The number of esters is 1. The number of aliphatic hydroxyl groups excluding tert-OH is 1. The van der Waals surface area contributed by atoms with Crippen LogP contribution in [0.15, 0.2) is 29.8 Å². The summed E-state index contributed by atoms with van der Waals surface area (Å²) in [5.41, 5.74) is 0.233. The third-order valence-corrected chi connectivity index (χ3v) is 3.62. The lowest BCUT2D eigenvalue weighted by Crippen LogP contribution is -2.29. The van der Waals surface area contributed by atoms with Gasteiger partial charge in [-0.2, -0.15) is 0 Å². The first-order valence-electron chi connectivity index (χ1n) is 7.20. The average Bonchev–Trinajstić information content (AvgIpc) is 2.53. The van der Waals surface area contributed by atoms with Gasteiger partial charge in [0.15, 0.2) is 0 Å². The fraction of sp³-hybridized carbons (Fsp3) is 0.294.